The van der Waals surface area contributed by atoms with Crippen LogP contribution in [0.2, 0.25) is 0 Å². The van der Waals surface area contributed by atoms with E-state index in [1.54, 1.807) is 0 Å². The first-order chi connectivity index (χ1) is 9.74. The van der Waals surface area contributed by atoms with Gasteiger partial charge < -0.3 is 5.32 Å². The van der Waals surface area contributed by atoms with Gasteiger partial charge in [-0.25, -0.2) is 0 Å². The fraction of sp³-hybridized carbons (Fsp3) is 0.500. The van der Waals surface area contributed by atoms with Gasteiger partial charge in [0, 0.05) is 36.9 Å². The first kappa shape index (κ1) is 14.7. The van der Waals surface area contributed by atoms with E-state index in [1.807, 2.05) is 41.6 Å². The third-order valence-electron chi connectivity index (χ3n) is 3.41. The number of rotatable bonds is 8. The summed E-state index contributed by atoms with van der Waals surface area (Å²) in [6.07, 6.45) is 11.1. The van der Waals surface area contributed by atoms with E-state index in [0.29, 0.717) is 12.1 Å². The molecule has 0 aromatic carbocycles. The van der Waals surface area contributed by atoms with Crippen molar-refractivity contribution in [1.29, 1.82) is 0 Å². The van der Waals surface area contributed by atoms with Gasteiger partial charge in [0.2, 0.25) is 0 Å². The smallest absolute Gasteiger partial charge is 0.0560 e. The lowest BCUT2D eigenvalue weighted by Crippen LogP contribution is -2.37. The van der Waals surface area contributed by atoms with Gasteiger partial charge in [-0.3, -0.25) is 9.67 Å². The summed E-state index contributed by atoms with van der Waals surface area (Å²) in [5.74, 6) is 0. The molecule has 0 aliphatic carbocycles. The molecule has 2 heterocycles. The maximum Gasteiger partial charge on any atom is 0.0560 e. The van der Waals surface area contributed by atoms with Gasteiger partial charge in [-0.1, -0.05) is 6.07 Å². The molecule has 2 rings (SSSR count). The summed E-state index contributed by atoms with van der Waals surface area (Å²) in [6, 6.07) is 7.07. The minimum atomic E-state index is 0.434. The molecule has 0 radical (unpaired) electrons. The van der Waals surface area contributed by atoms with E-state index < -0.39 is 0 Å². The molecular formula is C16H24N4. The predicted molar refractivity (Wildman–Crippen MR) is 81.5 cm³/mol. The maximum atomic E-state index is 4.24. The molecular weight excluding hydrogens is 248 g/mol. The van der Waals surface area contributed by atoms with E-state index in [0.717, 1.165) is 13.0 Å². The van der Waals surface area contributed by atoms with E-state index in [2.05, 4.69) is 35.3 Å². The fourth-order valence-electron chi connectivity index (χ4n) is 2.47. The minimum absolute atomic E-state index is 0.434. The molecule has 4 nitrogen and oxygen atoms in total. The van der Waals surface area contributed by atoms with Crippen LogP contribution in [-0.2, 0) is 13.0 Å². The Hall–Kier alpha value is -1.68. The zero-order valence-electron chi connectivity index (χ0n) is 12.4. The normalized spacial score (nSPS) is 14.1. The summed E-state index contributed by atoms with van der Waals surface area (Å²) >= 11 is 0. The Morgan fingerprint density at radius 1 is 1.20 bits per heavy atom. The summed E-state index contributed by atoms with van der Waals surface area (Å²) in [5.41, 5.74) is 1.32. The van der Waals surface area contributed by atoms with Crippen LogP contribution in [0, 0.1) is 0 Å². The van der Waals surface area contributed by atoms with Gasteiger partial charge in [-0.2, -0.15) is 5.10 Å². The van der Waals surface area contributed by atoms with Crippen molar-refractivity contribution in [3.8, 4) is 0 Å². The first-order valence-electron chi connectivity index (χ1n) is 7.36. The van der Waals surface area contributed by atoms with E-state index >= 15 is 0 Å². The van der Waals surface area contributed by atoms with E-state index in [9.17, 15) is 0 Å². The number of hydrogen-bond acceptors (Lipinski definition) is 3. The monoisotopic (exact) mass is 272 g/mol. The van der Waals surface area contributed by atoms with E-state index in [1.165, 1.54) is 18.4 Å². The standard InChI is InChI=1S/C16H24N4/c1-14(6-3-7-16-8-4-9-17-12-16)19-15(2)13-20-11-5-10-18-20/h4-5,8-12,14-15,19H,3,6-7,13H2,1-2H3. The molecule has 0 saturated carbocycles. The lowest BCUT2D eigenvalue weighted by Gasteiger charge is -2.20. The van der Waals surface area contributed by atoms with Crippen LogP contribution in [0.1, 0.15) is 32.3 Å². The topological polar surface area (TPSA) is 42.7 Å². The van der Waals surface area contributed by atoms with Crippen LogP contribution < -0.4 is 5.32 Å². The Bertz CT molecular complexity index is 466. The molecule has 2 unspecified atom stereocenters. The molecule has 2 aromatic rings. The minimum Gasteiger partial charge on any atom is -0.310 e. The van der Waals surface area contributed by atoms with Gasteiger partial charge in [-0.15, -0.1) is 0 Å². The van der Waals surface area contributed by atoms with Crippen LogP contribution in [0.15, 0.2) is 43.0 Å². The number of nitrogens with one attached hydrogen (secondary N) is 1. The van der Waals surface area contributed by atoms with Crippen molar-refractivity contribution in [2.75, 3.05) is 0 Å². The SMILES string of the molecule is CC(CCCc1cccnc1)NC(C)Cn1cccn1. The third-order valence-corrected chi connectivity index (χ3v) is 3.41. The van der Waals surface area contributed by atoms with Crippen LogP contribution in [-0.4, -0.2) is 26.8 Å². The summed E-state index contributed by atoms with van der Waals surface area (Å²) in [5, 5.41) is 7.86. The highest BCUT2D eigenvalue weighted by Crippen LogP contribution is 2.06. The van der Waals surface area contributed by atoms with Crippen molar-refractivity contribution < 1.29 is 0 Å². The Morgan fingerprint density at radius 3 is 2.80 bits per heavy atom. The van der Waals surface area contributed by atoms with E-state index in [-0.39, 0.29) is 0 Å². The lowest BCUT2D eigenvalue weighted by molar-refractivity contribution is 0.390. The quantitative estimate of drug-likeness (QED) is 0.803. The highest BCUT2D eigenvalue weighted by atomic mass is 15.3. The van der Waals surface area contributed by atoms with Crippen molar-refractivity contribution in [3.63, 3.8) is 0 Å². The predicted octanol–water partition coefficient (Wildman–Crippen LogP) is 2.67. The summed E-state index contributed by atoms with van der Waals surface area (Å²) in [7, 11) is 0. The third kappa shape index (κ3) is 5.13. The molecule has 0 saturated heterocycles. The van der Waals surface area contributed by atoms with Gasteiger partial charge in [0.25, 0.3) is 0 Å². The second-order valence-electron chi connectivity index (χ2n) is 5.45. The molecule has 0 spiro atoms. The Kier molecular flexibility index (Phi) is 5.74. The molecule has 2 aromatic heterocycles. The number of aryl methyl sites for hydroxylation is 1. The molecule has 0 bridgehead atoms. The molecule has 0 aliphatic heterocycles. The zero-order chi connectivity index (χ0) is 14.2. The van der Waals surface area contributed by atoms with Crippen molar-refractivity contribution in [1.82, 2.24) is 20.1 Å². The van der Waals surface area contributed by atoms with Crippen molar-refractivity contribution in [2.45, 2.75) is 51.7 Å². The second-order valence-corrected chi connectivity index (χ2v) is 5.45. The maximum absolute atomic E-state index is 4.24. The lowest BCUT2D eigenvalue weighted by atomic mass is 10.1. The summed E-state index contributed by atoms with van der Waals surface area (Å²) < 4.78 is 1.97. The second kappa shape index (κ2) is 7.80. The molecule has 0 amide bonds. The average molecular weight is 272 g/mol. The van der Waals surface area contributed by atoms with E-state index in [4.69, 9.17) is 0 Å². The van der Waals surface area contributed by atoms with Gasteiger partial charge >= 0.3 is 0 Å². The molecule has 4 heteroatoms. The van der Waals surface area contributed by atoms with Crippen molar-refractivity contribution in [3.05, 3.63) is 48.5 Å². The van der Waals surface area contributed by atoms with Gasteiger partial charge in [0.05, 0.1) is 6.54 Å². The first-order valence-corrected chi connectivity index (χ1v) is 7.36. The molecule has 108 valence electrons. The molecule has 0 aliphatic rings. The molecule has 20 heavy (non-hydrogen) atoms. The van der Waals surface area contributed by atoms with Crippen LogP contribution >= 0.6 is 0 Å². The number of hydrogen-bond donors (Lipinski definition) is 1. The highest BCUT2D eigenvalue weighted by molar-refractivity contribution is 5.08. The molecule has 1 N–H and O–H groups in total. The average Bonchev–Trinajstić information content (AvgIpc) is 2.92. The number of aromatic nitrogens is 3. The van der Waals surface area contributed by atoms with Crippen LogP contribution in [0.3, 0.4) is 0 Å². The molecule has 0 fully saturated rings. The van der Waals surface area contributed by atoms with Crippen LogP contribution in [0.5, 0.6) is 0 Å². The summed E-state index contributed by atoms with van der Waals surface area (Å²) in [4.78, 5) is 4.15. The largest absolute Gasteiger partial charge is 0.310 e. The number of pyridine rings is 1. The van der Waals surface area contributed by atoms with Gasteiger partial charge in [-0.05, 0) is 50.8 Å². The van der Waals surface area contributed by atoms with Gasteiger partial charge in [0.1, 0.15) is 0 Å². The Labute approximate surface area is 121 Å². The fourth-order valence-corrected chi connectivity index (χ4v) is 2.47. The summed E-state index contributed by atoms with van der Waals surface area (Å²) in [6.45, 7) is 5.38. The molecule has 2 atom stereocenters. The zero-order valence-corrected chi connectivity index (χ0v) is 12.4. The van der Waals surface area contributed by atoms with Gasteiger partial charge in [0.15, 0.2) is 0 Å². The van der Waals surface area contributed by atoms with Crippen LogP contribution in [0.25, 0.3) is 0 Å². The van der Waals surface area contributed by atoms with Crippen molar-refractivity contribution >= 4 is 0 Å². The highest BCUT2D eigenvalue weighted by Gasteiger charge is 2.08. The number of nitrogens with zero attached hydrogens (tertiary/aromatic N) is 3. The Balaban J connectivity index is 1.63. The Morgan fingerprint density at radius 2 is 2.10 bits per heavy atom. The van der Waals surface area contributed by atoms with Crippen LogP contribution in [0.4, 0.5) is 0 Å². The van der Waals surface area contributed by atoms with Crippen molar-refractivity contribution in [2.24, 2.45) is 0 Å².